The monoisotopic (exact) mass is 329 g/mol. The van der Waals surface area contributed by atoms with Gasteiger partial charge in [-0.1, -0.05) is 32.9 Å². The van der Waals surface area contributed by atoms with Gasteiger partial charge >= 0.3 is 0 Å². The second-order valence-corrected chi connectivity index (χ2v) is 8.59. The number of anilines is 1. The summed E-state index contributed by atoms with van der Waals surface area (Å²) in [5.41, 5.74) is -0.205. The molecule has 1 aromatic rings. The van der Waals surface area contributed by atoms with Gasteiger partial charge in [0.15, 0.2) is 5.82 Å². The fourth-order valence-corrected chi connectivity index (χ4v) is 3.95. The summed E-state index contributed by atoms with van der Waals surface area (Å²) in [6, 6.07) is 1.02. The van der Waals surface area contributed by atoms with Crippen LogP contribution in [0.5, 0.6) is 0 Å². The summed E-state index contributed by atoms with van der Waals surface area (Å²) in [5.74, 6) is 0.677. The number of amides is 1. The van der Waals surface area contributed by atoms with Crippen molar-refractivity contribution in [2.75, 3.05) is 17.6 Å². The maximum absolute atomic E-state index is 12.2. The predicted octanol–water partition coefficient (Wildman–Crippen LogP) is 1.72. The molecule has 1 aliphatic heterocycles. The fourth-order valence-electron chi connectivity index (χ4n) is 2.23. The Bertz CT molecular complexity index is 645. The Morgan fingerprint density at radius 2 is 2.18 bits per heavy atom. The van der Waals surface area contributed by atoms with Crippen molar-refractivity contribution in [3.05, 3.63) is 11.8 Å². The molecular weight excluding hydrogens is 306 g/mol. The van der Waals surface area contributed by atoms with Crippen molar-refractivity contribution in [1.82, 2.24) is 9.46 Å². The lowest BCUT2D eigenvalue weighted by molar-refractivity contribution is -0.122. The van der Waals surface area contributed by atoms with Crippen LogP contribution in [0.1, 0.15) is 46.3 Å². The van der Waals surface area contributed by atoms with Crippen molar-refractivity contribution >= 4 is 21.7 Å². The third kappa shape index (κ3) is 3.49. The SMILES string of the molecule is CCCS(=O)(=O)N1CC[C@H]1C(=O)Nc1cc(C(C)(C)C)on1. The topological polar surface area (TPSA) is 92.5 Å². The molecule has 7 nitrogen and oxygen atoms in total. The predicted molar refractivity (Wildman–Crippen MR) is 83.0 cm³/mol. The van der Waals surface area contributed by atoms with Gasteiger partial charge in [0, 0.05) is 18.0 Å². The highest BCUT2D eigenvalue weighted by Crippen LogP contribution is 2.26. The number of carbonyl (C=O) groups excluding carboxylic acids is 1. The highest BCUT2D eigenvalue weighted by Gasteiger charge is 2.41. The second kappa shape index (κ2) is 6.00. The first kappa shape index (κ1) is 17.0. The van der Waals surface area contributed by atoms with Gasteiger partial charge in [-0.25, -0.2) is 8.42 Å². The Kier molecular flexibility index (Phi) is 4.62. The quantitative estimate of drug-likeness (QED) is 0.888. The van der Waals surface area contributed by atoms with Crippen LogP contribution in [0.25, 0.3) is 0 Å². The minimum atomic E-state index is -3.35. The fraction of sp³-hybridized carbons (Fsp3) is 0.714. The van der Waals surface area contributed by atoms with Gasteiger partial charge in [0.05, 0.1) is 5.75 Å². The lowest BCUT2D eigenvalue weighted by Crippen LogP contribution is -2.57. The summed E-state index contributed by atoms with van der Waals surface area (Å²) in [7, 11) is -3.35. The number of hydrogen-bond acceptors (Lipinski definition) is 5. The van der Waals surface area contributed by atoms with Gasteiger partial charge in [-0.2, -0.15) is 4.31 Å². The van der Waals surface area contributed by atoms with E-state index >= 15 is 0 Å². The molecular formula is C14H23N3O4S. The van der Waals surface area contributed by atoms with Crippen LogP contribution in [0.2, 0.25) is 0 Å². The molecule has 1 atom stereocenters. The maximum atomic E-state index is 12.2. The van der Waals surface area contributed by atoms with Gasteiger partial charge in [0.25, 0.3) is 0 Å². The molecule has 2 rings (SSSR count). The number of nitrogens with zero attached hydrogens (tertiary/aromatic N) is 2. The summed E-state index contributed by atoms with van der Waals surface area (Å²) >= 11 is 0. The van der Waals surface area contributed by atoms with Gasteiger partial charge < -0.3 is 9.84 Å². The number of sulfonamides is 1. The highest BCUT2D eigenvalue weighted by molar-refractivity contribution is 7.89. The molecule has 0 unspecified atom stereocenters. The van der Waals surface area contributed by atoms with E-state index < -0.39 is 16.1 Å². The molecule has 2 heterocycles. The van der Waals surface area contributed by atoms with Crippen LogP contribution in [0.4, 0.5) is 5.82 Å². The number of hydrogen-bond donors (Lipinski definition) is 1. The minimum Gasteiger partial charge on any atom is -0.359 e. The Labute approximate surface area is 131 Å². The normalized spacial score (nSPS) is 19.7. The lowest BCUT2D eigenvalue weighted by atomic mass is 9.93. The van der Waals surface area contributed by atoms with E-state index in [1.807, 2.05) is 20.8 Å². The first-order chi connectivity index (χ1) is 10.1. The van der Waals surface area contributed by atoms with E-state index in [0.717, 1.165) is 0 Å². The number of nitrogens with one attached hydrogen (secondary N) is 1. The molecule has 1 N–H and O–H groups in total. The summed E-state index contributed by atoms with van der Waals surface area (Å²) in [4.78, 5) is 12.2. The van der Waals surface area contributed by atoms with Crippen molar-refractivity contribution in [2.24, 2.45) is 0 Å². The first-order valence-corrected chi connectivity index (χ1v) is 9.03. The molecule has 1 aromatic heterocycles. The molecule has 0 aromatic carbocycles. The zero-order chi connectivity index (χ0) is 16.5. The Morgan fingerprint density at radius 1 is 1.50 bits per heavy atom. The highest BCUT2D eigenvalue weighted by atomic mass is 32.2. The van der Waals surface area contributed by atoms with Crippen LogP contribution in [-0.4, -0.2) is 42.1 Å². The van der Waals surface area contributed by atoms with Crippen LogP contribution in [0, 0.1) is 0 Å². The van der Waals surface area contributed by atoms with Gasteiger partial charge in [-0.3, -0.25) is 4.79 Å². The molecule has 1 amide bonds. The molecule has 0 spiro atoms. The standard InChI is InChI=1S/C14H23N3O4S/c1-5-8-22(19,20)17-7-6-10(17)13(18)15-12-9-11(21-16-12)14(2,3)4/h9-10H,5-8H2,1-4H3,(H,15,16,18)/t10-/m0/s1. The largest absolute Gasteiger partial charge is 0.359 e. The van der Waals surface area contributed by atoms with Crippen LogP contribution >= 0.6 is 0 Å². The average molecular weight is 329 g/mol. The summed E-state index contributed by atoms with van der Waals surface area (Å²) in [6.45, 7) is 8.13. The van der Waals surface area contributed by atoms with Gasteiger partial charge in [0.2, 0.25) is 15.9 Å². The zero-order valence-corrected chi connectivity index (χ0v) is 14.2. The third-order valence-electron chi connectivity index (χ3n) is 3.59. The number of rotatable bonds is 5. The van der Waals surface area contributed by atoms with Crippen LogP contribution in [0.15, 0.2) is 10.6 Å². The molecule has 0 bridgehead atoms. The molecule has 0 aliphatic carbocycles. The van der Waals surface area contributed by atoms with Crippen molar-refractivity contribution in [1.29, 1.82) is 0 Å². The molecule has 1 saturated heterocycles. The van der Waals surface area contributed by atoms with Crippen molar-refractivity contribution in [3.63, 3.8) is 0 Å². The maximum Gasteiger partial charge on any atom is 0.244 e. The molecule has 1 fully saturated rings. The minimum absolute atomic E-state index is 0.0644. The molecule has 0 saturated carbocycles. The molecule has 124 valence electrons. The first-order valence-electron chi connectivity index (χ1n) is 7.42. The smallest absolute Gasteiger partial charge is 0.244 e. The van der Waals surface area contributed by atoms with Gasteiger partial charge in [-0.05, 0) is 12.8 Å². The van der Waals surface area contributed by atoms with Gasteiger partial charge in [-0.15, -0.1) is 0 Å². The lowest BCUT2D eigenvalue weighted by Gasteiger charge is -2.38. The van der Waals surface area contributed by atoms with E-state index in [4.69, 9.17) is 4.52 Å². The second-order valence-electron chi connectivity index (χ2n) is 6.55. The van der Waals surface area contributed by atoms with Crippen molar-refractivity contribution in [2.45, 2.75) is 52.0 Å². The summed E-state index contributed by atoms with van der Waals surface area (Å²) in [6.07, 6.45) is 1.06. The summed E-state index contributed by atoms with van der Waals surface area (Å²) in [5, 5.41) is 6.44. The van der Waals surface area contributed by atoms with E-state index in [2.05, 4.69) is 10.5 Å². The average Bonchev–Trinajstić information content (AvgIpc) is 2.74. The van der Waals surface area contributed by atoms with E-state index in [-0.39, 0.29) is 17.1 Å². The number of aromatic nitrogens is 1. The van der Waals surface area contributed by atoms with E-state index in [9.17, 15) is 13.2 Å². The Hall–Kier alpha value is -1.41. The molecule has 8 heteroatoms. The van der Waals surface area contributed by atoms with Gasteiger partial charge in [0.1, 0.15) is 11.8 Å². The van der Waals surface area contributed by atoms with Crippen molar-refractivity contribution in [3.8, 4) is 0 Å². The van der Waals surface area contributed by atoms with E-state index in [0.29, 0.717) is 31.0 Å². The van der Waals surface area contributed by atoms with E-state index in [1.54, 1.807) is 13.0 Å². The Balaban J connectivity index is 2.03. The summed E-state index contributed by atoms with van der Waals surface area (Å²) < 4.78 is 30.5. The molecule has 1 aliphatic rings. The van der Waals surface area contributed by atoms with Crippen LogP contribution in [0.3, 0.4) is 0 Å². The Morgan fingerprint density at radius 3 is 2.64 bits per heavy atom. The van der Waals surface area contributed by atoms with Crippen molar-refractivity contribution < 1.29 is 17.7 Å². The number of carbonyl (C=O) groups is 1. The zero-order valence-electron chi connectivity index (χ0n) is 13.4. The van der Waals surface area contributed by atoms with Crippen LogP contribution in [-0.2, 0) is 20.2 Å². The van der Waals surface area contributed by atoms with Crippen LogP contribution < -0.4 is 5.32 Å². The molecule has 22 heavy (non-hydrogen) atoms. The van der Waals surface area contributed by atoms with E-state index in [1.165, 1.54) is 4.31 Å². The molecule has 0 radical (unpaired) electrons. The third-order valence-corrected chi connectivity index (χ3v) is 5.67.